The fraction of sp³-hybridized carbons (Fsp3) is 0.633. The number of aliphatic hydroxyl groups excluding tert-OH is 3. The van der Waals surface area contributed by atoms with Gasteiger partial charge in [-0.2, -0.15) is 0 Å². The van der Waals surface area contributed by atoms with Crippen molar-refractivity contribution in [2.24, 2.45) is 11.3 Å². The summed E-state index contributed by atoms with van der Waals surface area (Å²) in [6.45, 7) is 8.67. The summed E-state index contributed by atoms with van der Waals surface area (Å²) in [4.78, 5) is 17.5. The molecule has 1 aliphatic carbocycles. The first-order valence-electron chi connectivity index (χ1n) is 13.8. The fourth-order valence-corrected chi connectivity index (χ4v) is 5.98. The molecule has 0 radical (unpaired) electrons. The predicted octanol–water partition coefficient (Wildman–Crippen LogP) is 5.14. The van der Waals surface area contributed by atoms with E-state index in [4.69, 9.17) is 0 Å². The Morgan fingerprint density at radius 3 is 2.33 bits per heavy atom. The molecule has 1 aromatic carbocycles. The summed E-state index contributed by atoms with van der Waals surface area (Å²) in [6.07, 6.45) is 14.0. The minimum Gasteiger partial charge on any atom is -0.503 e. The van der Waals surface area contributed by atoms with E-state index in [9.17, 15) is 20.1 Å². The molecule has 1 heterocycles. The Labute approximate surface area is 217 Å². The number of nitrogens with zero attached hydrogens (tertiary/aromatic N) is 2. The average molecular weight is 499 g/mol. The monoisotopic (exact) mass is 498 g/mol. The minimum atomic E-state index is -0.374. The molecule has 200 valence electrons. The van der Waals surface area contributed by atoms with Crippen LogP contribution < -0.4 is 4.90 Å². The molecular weight excluding hydrogens is 452 g/mol. The van der Waals surface area contributed by atoms with E-state index < -0.39 is 0 Å². The Balaban J connectivity index is 1.62. The molecule has 3 rings (SSSR count). The van der Waals surface area contributed by atoms with Gasteiger partial charge in [0.15, 0.2) is 5.76 Å². The smallest absolute Gasteiger partial charge is 0.293 e. The number of hydrogen-bond acceptors (Lipinski definition) is 5. The number of rotatable bonds is 12. The second-order valence-electron chi connectivity index (χ2n) is 11.0. The second-order valence-corrected chi connectivity index (χ2v) is 11.0. The van der Waals surface area contributed by atoms with Crippen molar-refractivity contribution >= 4 is 11.6 Å². The number of aryl methyl sites for hydroxylation is 1. The number of allylic oxidation sites excluding steroid dienone is 2. The molecular formula is C30H46N2O4. The van der Waals surface area contributed by atoms with Crippen LogP contribution >= 0.6 is 0 Å². The van der Waals surface area contributed by atoms with Crippen molar-refractivity contribution in [2.75, 3.05) is 37.7 Å². The molecule has 6 heteroatoms. The molecule has 36 heavy (non-hydrogen) atoms. The van der Waals surface area contributed by atoms with Crippen LogP contribution in [-0.2, 0) is 4.79 Å². The number of carbonyl (C=O) groups excluding carboxylic acids is 1. The number of hydrogen-bond donors (Lipinski definition) is 3. The first kappa shape index (κ1) is 28.4. The van der Waals surface area contributed by atoms with Gasteiger partial charge in [-0.05, 0) is 82.0 Å². The van der Waals surface area contributed by atoms with E-state index in [1.54, 1.807) is 4.90 Å². The SMILES string of the molecule is C=C/C=C(\O)C(=O)N(c1ccc(C)cc1)C1CCN(CCC2(CCC(CO)CO)CCCCC2)CC1. The number of carbonyl (C=O) groups is 1. The molecule has 1 amide bonds. The summed E-state index contributed by atoms with van der Waals surface area (Å²) in [5.41, 5.74) is 2.27. The maximum Gasteiger partial charge on any atom is 0.293 e. The predicted molar refractivity (Wildman–Crippen MR) is 146 cm³/mol. The highest BCUT2D eigenvalue weighted by atomic mass is 16.3. The molecule has 2 aliphatic rings. The Hall–Kier alpha value is -2.15. The molecule has 2 fully saturated rings. The van der Waals surface area contributed by atoms with Gasteiger partial charge >= 0.3 is 0 Å². The Kier molecular flexibility index (Phi) is 11.0. The Bertz CT molecular complexity index is 848. The zero-order valence-electron chi connectivity index (χ0n) is 22.1. The fourth-order valence-electron chi connectivity index (χ4n) is 5.98. The summed E-state index contributed by atoms with van der Waals surface area (Å²) >= 11 is 0. The van der Waals surface area contributed by atoms with Crippen LogP contribution in [-0.4, -0.2) is 65.0 Å². The van der Waals surface area contributed by atoms with Crippen molar-refractivity contribution < 1.29 is 20.1 Å². The highest BCUT2D eigenvalue weighted by Crippen LogP contribution is 2.44. The summed E-state index contributed by atoms with van der Waals surface area (Å²) in [5, 5.41) is 29.4. The maximum absolute atomic E-state index is 13.2. The quantitative estimate of drug-likeness (QED) is 0.211. The van der Waals surface area contributed by atoms with Gasteiger partial charge in [0, 0.05) is 44.0 Å². The third-order valence-electron chi connectivity index (χ3n) is 8.42. The van der Waals surface area contributed by atoms with Crippen molar-refractivity contribution in [3.63, 3.8) is 0 Å². The van der Waals surface area contributed by atoms with Crippen LogP contribution in [0.15, 0.2) is 48.8 Å². The van der Waals surface area contributed by atoms with E-state index >= 15 is 0 Å². The van der Waals surface area contributed by atoms with E-state index in [2.05, 4.69) is 11.5 Å². The number of aliphatic hydroxyl groups is 3. The zero-order valence-corrected chi connectivity index (χ0v) is 22.1. The summed E-state index contributed by atoms with van der Waals surface area (Å²) in [6, 6.07) is 7.95. The zero-order chi connectivity index (χ0) is 26.0. The summed E-state index contributed by atoms with van der Waals surface area (Å²) < 4.78 is 0. The van der Waals surface area contributed by atoms with Crippen molar-refractivity contribution in [3.05, 3.63) is 54.3 Å². The first-order valence-corrected chi connectivity index (χ1v) is 13.8. The average Bonchev–Trinajstić information content (AvgIpc) is 2.91. The van der Waals surface area contributed by atoms with Crippen molar-refractivity contribution in [1.29, 1.82) is 0 Å². The number of benzene rings is 1. The highest BCUT2D eigenvalue weighted by Gasteiger charge is 2.34. The van der Waals surface area contributed by atoms with Gasteiger partial charge in [-0.15, -0.1) is 0 Å². The van der Waals surface area contributed by atoms with E-state index in [1.165, 1.54) is 44.3 Å². The molecule has 6 nitrogen and oxygen atoms in total. The molecule has 0 unspecified atom stereocenters. The normalized spacial score (nSPS) is 19.4. The van der Waals surface area contributed by atoms with E-state index in [0.717, 1.165) is 63.0 Å². The molecule has 0 atom stereocenters. The van der Waals surface area contributed by atoms with Crippen molar-refractivity contribution in [1.82, 2.24) is 4.90 Å². The van der Waals surface area contributed by atoms with Gasteiger partial charge in [-0.1, -0.05) is 49.6 Å². The molecule has 0 spiro atoms. The second kappa shape index (κ2) is 14.0. The molecule has 3 N–H and O–H groups in total. The van der Waals surface area contributed by atoms with Gasteiger partial charge in [-0.3, -0.25) is 4.79 Å². The third kappa shape index (κ3) is 7.67. The van der Waals surface area contributed by atoms with Crippen LogP contribution in [0.4, 0.5) is 5.69 Å². The van der Waals surface area contributed by atoms with Crippen LogP contribution in [0, 0.1) is 18.3 Å². The molecule has 0 aromatic heterocycles. The standard InChI is InChI=1S/C30H46N2O4/c1-3-7-28(35)29(36)32(26-10-8-24(2)9-11-26)27-13-19-31(20-14-27)21-18-30(15-5-4-6-16-30)17-12-25(22-33)23-34/h3,7-11,25,27,33-35H,1,4-6,12-23H2,2H3/b28-7-. The molecule has 1 aliphatic heterocycles. The van der Waals surface area contributed by atoms with Crippen LogP contribution in [0.5, 0.6) is 0 Å². The van der Waals surface area contributed by atoms with Gasteiger partial charge in [0.2, 0.25) is 0 Å². The number of likely N-dealkylation sites (tertiary alicyclic amines) is 1. The number of amides is 1. The lowest BCUT2D eigenvalue weighted by molar-refractivity contribution is -0.118. The maximum atomic E-state index is 13.2. The van der Waals surface area contributed by atoms with E-state index in [-0.39, 0.29) is 36.8 Å². The topological polar surface area (TPSA) is 84.2 Å². The lowest BCUT2D eigenvalue weighted by atomic mass is 9.68. The number of anilines is 1. The van der Waals surface area contributed by atoms with Gasteiger partial charge < -0.3 is 25.1 Å². The summed E-state index contributed by atoms with van der Waals surface area (Å²) in [7, 11) is 0. The van der Waals surface area contributed by atoms with E-state index in [1.807, 2.05) is 31.2 Å². The van der Waals surface area contributed by atoms with Gasteiger partial charge in [-0.25, -0.2) is 0 Å². The van der Waals surface area contributed by atoms with E-state index in [0.29, 0.717) is 5.41 Å². The Morgan fingerprint density at radius 2 is 1.75 bits per heavy atom. The lowest BCUT2D eigenvalue weighted by Gasteiger charge is -2.42. The Morgan fingerprint density at radius 1 is 1.11 bits per heavy atom. The largest absolute Gasteiger partial charge is 0.503 e. The van der Waals surface area contributed by atoms with Gasteiger partial charge in [0.05, 0.1) is 0 Å². The van der Waals surface area contributed by atoms with Gasteiger partial charge in [0.1, 0.15) is 0 Å². The lowest BCUT2D eigenvalue weighted by Crippen LogP contribution is -2.48. The van der Waals surface area contributed by atoms with Crippen LogP contribution in [0.1, 0.15) is 69.8 Å². The van der Waals surface area contributed by atoms with Crippen molar-refractivity contribution in [2.45, 2.75) is 77.2 Å². The van der Waals surface area contributed by atoms with Crippen LogP contribution in [0.25, 0.3) is 0 Å². The molecule has 1 aromatic rings. The number of piperidine rings is 1. The third-order valence-corrected chi connectivity index (χ3v) is 8.42. The highest BCUT2D eigenvalue weighted by molar-refractivity contribution is 6.04. The van der Waals surface area contributed by atoms with Crippen LogP contribution in [0.3, 0.4) is 0 Å². The first-order chi connectivity index (χ1) is 17.4. The molecule has 1 saturated carbocycles. The molecule has 1 saturated heterocycles. The van der Waals surface area contributed by atoms with Crippen LogP contribution in [0.2, 0.25) is 0 Å². The van der Waals surface area contributed by atoms with Crippen molar-refractivity contribution in [3.8, 4) is 0 Å². The summed E-state index contributed by atoms with van der Waals surface area (Å²) in [5.74, 6) is -0.659. The minimum absolute atomic E-state index is 0.00334. The van der Waals surface area contributed by atoms with Gasteiger partial charge in [0.25, 0.3) is 5.91 Å². The molecule has 0 bridgehead atoms.